The highest BCUT2D eigenvalue weighted by atomic mass is 16.7. The number of rotatable bonds is 4. The molecule has 0 bridgehead atoms. The molecule has 104 valence electrons. The third-order valence-corrected chi connectivity index (χ3v) is 3.76. The molecule has 0 aromatic rings. The van der Waals surface area contributed by atoms with E-state index in [1.165, 1.54) is 13.5 Å². The molecule has 5 nitrogen and oxygen atoms in total. The summed E-state index contributed by atoms with van der Waals surface area (Å²) in [4.78, 5) is 13.5. The highest BCUT2D eigenvalue weighted by Gasteiger charge is 2.40. The number of ether oxygens (including phenoxy) is 3. The van der Waals surface area contributed by atoms with Crippen molar-refractivity contribution >= 4 is 5.97 Å². The minimum Gasteiger partial charge on any atom is -0.469 e. The second-order valence-corrected chi connectivity index (χ2v) is 5.59. The molecule has 0 aromatic heterocycles. The second kappa shape index (κ2) is 5.55. The first-order valence-electron chi connectivity index (χ1n) is 6.58. The number of carbonyl (C=O) groups is 1. The van der Waals surface area contributed by atoms with Crippen molar-refractivity contribution in [3.05, 3.63) is 0 Å². The molecule has 2 heterocycles. The lowest BCUT2D eigenvalue weighted by Gasteiger charge is -2.26. The normalized spacial score (nSPS) is 37.1. The van der Waals surface area contributed by atoms with Crippen LogP contribution in [0.1, 0.15) is 26.2 Å². The summed E-state index contributed by atoms with van der Waals surface area (Å²) in [6.45, 7) is 4.70. The molecule has 18 heavy (non-hydrogen) atoms. The van der Waals surface area contributed by atoms with Crippen molar-refractivity contribution in [3.8, 4) is 0 Å². The molecule has 2 aliphatic heterocycles. The van der Waals surface area contributed by atoms with Crippen molar-refractivity contribution in [2.45, 2.75) is 38.1 Å². The molecule has 2 fully saturated rings. The van der Waals surface area contributed by atoms with Gasteiger partial charge < -0.3 is 19.1 Å². The fraction of sp³-hybridized carbons (Fsp3) is 0.923. The Morgan fingerprint density at radius 1 is 1.56 bits per heavy atom. The fourth-order valence-electron chi connectivity index (χ4n) is 2.88. The monoisotopic (exact) mass is 257 g/mol. The lowest BCUT2D eigenvalue weighted by Crippen LogP contribution is -2.31. The Hall–Kier alpha value is -0.650. The van der Waals surface area contributed by atoms with Crippen molar-refractivity contribution in [2.75, 3.05) is 33.9 Å². The Morgan fingerprint density at radius 2 is 2.33 bits per heavy atom. The Balaban J connectivity index is 1.80. The van der Waals surface area contributed by atoms with Gasteiger partial charge in [0.2, 0.25) is 0 Å². The number of likely N-dealkylation sites (tertiary alicyclic amines) is 1. The van der Waals surface area contributed by atoms with Gasteiger partial charge in [-0.15, -0.1) is 0 Å². The summed E-state index contributed by atoms with van der Waals surface area (Å²) >= 11 is 0. The summed E-state index contributed by atoms with van der Waals surface area (Å²) in [5, 5.41) is 0. The molecule has 0 aromatic carbocycles. The lowest BCUT2D eigenvalue weighted by atomic mass is 9.99. The predicted molar refractivity (Wildman–Crippen MR) is 66.1 cm³/mol. The molecule has 0 radical (unpaired) electrons. The number of methoxy groups -OCH3 is 1. The topological polar surface area (TPSA) is 48.0 Å². The number of hydrogen-bond acceptors (Lipinski definition) is 5. The molecule has 2 saturated heterocycles. The van der Waals surface area contributed by atoms with Gasteiger partial charge in [0.25, 0.3) is 0 Å². The quantitative estimate of drug-likeness (QED) is 0.704. The van der Waals surface area contributed by atoms with Crippen molar-refractivity contribution in [2.24, 2.45) is 5.92 Å². The van der Waals surface area contributed by atoms with Crippen molar-refractivity contribution in [1.29, 1.82) is 0 Å². The molecular formula is C13H23NO4. The highest BCUT2D eigenvalue weighted by Crippen LogP contribution is 2.34. The van der Waals surface area contributed by atoms with Crippen LogP contribution in [-0.4, -0.2) is 56.6 Å². The van der Waals surface area contributed by atoms with E-state index in [1.54, 1.807) is 0 Å². The minimum atomic E-state index is -0.533. The molecule has 0 spiro atoms. The van der Waals surface area contributed by atoms with E-state index in [0.29, 0.717) is 12.5 Å². The Kier molecular flexibility index (Phi) is 4.25. The molecule has 3 unspecified atom stereocenters. The molecule has 0 saturated carbocycles. The average molecular weight is 257 g/mol. The Bertz CT molecular complexity index is 309. The zero-order valence-corrected chi connectivity index (χ0v) is 11.5. The van der Waals surface area contributed by atoms with Crippen molar-refractivity contribution in [1.82, 2.24) is 4.90 Å². The summed E-state index contributed by atoms with van der Waals surface area (Å²) in [6.07, 6.45) is 2.20. The van der Waals surface area contributed by atoms with E-state index in [4.69, 9.17) is 9.47 Å². The van der Waals surface area contributed by atoms with Crippen LogP contribution in [0.2, 0.25) is 0 Å². The van der Waals surface area contributed by atoms with E-state index >= 15 is 0 Å². The van der Waals surface area contributed by atoms with Crippen LogP contribution in [0.4, 0.5) is 0 Å². The van der Waals surface area contributed by atoms with E-state index in [0.717, 1.165) is 19.5 Å². The van der Waals surface area contributed by atoms with Gasteiger partial charge >= 0.3 is 5.97 Å². The Morgan fingerprint density at radius 3 is 2.94 bits per heavy atom. The van der Waals surface area contributed by atoms with E-state index < -0.39 is 5.79 Å². The fourth-order valence-corrected chi connectivity index (χ4v) is 2.88. The van der Waals surface area contributed by atoms with Crippen LogP contribution >= 0.6 is 0 Å². The summed E-state index contributed by atoms with van der Waals surface area (Å²) in [5.41, 5.74) is 0. The molecule has 2 aliphatic rings. The van der Waals surface area contributed by atoms with E-state index in [-0.39, 0.29) is 18.5 Å². The van der Waals surface area contributed by atoms with Crippen LogP contribution in [0, 0.1) is 5.92 Å². The standard InChI is InChI=1S/C13H23NO4/c1-13(7-10-4-5-14(2)8-10)17-9-11(18-13)6-12(15)16-3/h10-11H,4-9H2,1-3H3. The first kappa shape index (κ1) is 13.8. The van der Waals surface area contributed by atoms with Crippen LogP contribution < -0.4 is 0 Å². The van der Waals surface area contributed by atoms with Crippen LogP contribution in [-0.2, 0) is 19.0 Å². The Labute approximate surface area is 108 Å². The number of carbonyl (C=O) groups excluding carboxylic acids is 1. The SMILES string of the molecule is COC(=O)CC1COC(C)(CC2CCN(C)C2)O1. The third kappa shape index (κ3) is 3.43. The highest BCUT2D eigenvalue weighted by molar-refractivity contribution is 5.69. The summed E-state index contributed by atoms with van der Waals surface area (Å²) in [5.74, 6) is -0.153. The number of esters is 1. The minimum absolute atomic E-state index is 0.165. The zero-order chi connectivity index (χ0) is 13.2. The van der Waals surface area contributed by atoms with Crippen LogP contribution in [0.15, 0.2) is 0 Å². The maximum Gasteiger partial charge on any atom is 0.308 e. The molecule has 0 aliphatic carbocycles. The van der Waals surface area contributed by atoms with Gasteiger partial charge in [-0.3, -0.25) is 4.79 Å². The second-order valence-electron chi connectivity index (χ2n) is 5.59. The van der Waals surface area contributed by atoms with Gasteiger partial charge in [0.1, 0.15) is 0 Å². The lowest BCUT2D eigenvalue weighted by molar-refractivity contribution is -0.169. The molecule has 5 heteroatoms. The molecule has 0 amide bonds. The average Bonchev–Trinajstić information content (AvgIpc) is 2.86. The van der Waals surface area contributed by atoms with E-state index in [9.17, 15) is 4.79 Å². The summed E-state index contributed by atoms with van der Waals surface area (Å²) in [6, 6.07) is 0. The van der Waals surface area contributed by atoms with Crippen LogP contribution in [0.25, 0.3) is 0 Å². The molecule has 3 atom stereocenters. The molecular weight excluding hydrogens is 234 g/mol. The zero-order valence-electron chi connectivity index (χ0n) is 11.5. The van der Waals surface area contributed by atoms with Crippen molar-refractivity contribution in [3.63, 3.8) is 0 Å². The predicted octanol–water partition coefficient (Wildman–Crippen LogP) is 1.02. The largest absolute Gasteiger partial charge is 0.469 e. The van der Waals surface area contributed by atoms with Crippen LogP contribution in [0.3, 0.4) is 0 Å². The van der Waals surface area contributed by atoms with Gasteiger partial charge in [0, 0.05) is 13.0 Å². The smallest absolute Gasteiger partial charge is 0.308 e. The molecule has 2 rings (SSSR count). The number of hydrogen-bond donors (Lipinski definition) is 0. The molecule has 0 N–H and O–H groups in total. The summed E-state index contributed by atoms with van der Waals surface area (Å²) < 4.78 is 16.3. The summed E-state index contributed by atoms with van der Waals surface area (Å²) in [7, 11) is 3.53. The van der Waals surface area contributed by atoms with Gasteiger partial charge in [0.05, 0.1) is 26.2 Å². The van der Waals surface area contributed by atoms with Gasteiger partial charge in [0.15, 0.2) is 5.79 Å². The number of nitrogens with zero attached hydrogens (tertiary/aromatic N) is 1. The first-order chi connectivity index (χ1) is 8.50. The van der Waals surface area contributed by atoms with E-state index in [1.807, 2.05) is 6.92 Å². The first-order valence-corrected chi connectivity index (χ1v) is 6.58. The van der Waals surface area contributed by atoms with Gasteiger partial charge in [-0.25, -0.2) is 0 Å². The van der Waals surface area contributed by atoms with Crippen molar-refractivity contribution < 1.29 is 19.0 Å². The van der Waals surface area contributed by atoms with Gasteiger partial charge in [-0.05, 0) is 32.9 Å². The third-order valence-electron chi connectivity index (χ3n) is 3.76. The van der Waals surface area contributed by atoms with Gasteiger partial charge in [-0.1, -0.05) is 0 Å². The maximum absolute atomic E-state index is 11.2. The van der Waals surface area contributed by atoms with E-state index in [2.05, 4.69) is 16.7 Å². The maximum atomic E-state index is 11.2. The van der Waals surface area contributed by atoms with Gasteiger partial charge in [-0.2, -0.15) is 0 Å². The van der Waals surface area contributed by atoms with Crippen LogP contribution in [0.5, 0.6) is 0 Å².